The third-order valence-corrected chi connectivity index (χ3v) is 5.66. The monoisotopic (exact) mass is 403 g/mol. The van der Waals surface area contributed by atoms with E-state index in [1.807, 2.05) is 57.2 Å². The molecule has 2 atom stereocenters. The van der Waals surface area contributed by atoms with Crippen LogP contribution in [0.5, 0.6) is 0 Å². The van der Waals surface area contributed by atoms with Crippen LogP contribution >= 0.6 is 0 Å². The molecule has 0 aliphatic carbocycles. The van der Waals surface area contributed by atoms with Crippen LogP contribution in [0.1, 0.15) is 49.4 Å². The van der Waals surface area contributed by atoms with E-state index in [2.05, 4.69) is 20.5 Å². The minimum absolute atomic E-state index is 0.0492. The molecule has 30 heavy (non-hydrogen) atoms. The lowest BCUT2D eigenvalue weighted by Gasteiger charge is -2.18. The third kappa shape index (κ3) is 3.96. The molecule has 154 valence electrons. The summed E-state index contributed by atoms with van der Waals surface area (Å²) in [4.78, 5) is 32.1. The van der Waals surface area contributed by atoms with E-state index in [4.69, 9.17) is 0 Å². The zero-order valence-corrected chi connectivity index (χ0v) is 17.3. The molecule has 7 heteroatoms. The zero-order valence-electron chi connectivity index (χ0n) is 17.3. The Kier molecular flexibility index (Phi) is 5.35. The molecule has 1 aromatic heterocycles. The van der Waals surface area contributed by atoms with Gasteiger partial charge in [0.2, 0.25) is 0 Å². The van der Waals surface area contributed by atoms with Gasteiger partial charge in [0.15, 0.2) is 5.82 Å². The minimum atomic E-state index is -0.275. The van der Waals surface area contributed by atoms with Crippen molar-refractivity contribution in [3.63, 3.8) is 0 Å². The summed E-state index contributed by atoms with van der Waals surface area (Å²) in [5.41, 5.74) is 3.46. The Labute approximate surface area is 175 Å². The number of aryl methyl sites for hydroxylation is 3. The molecule has 7 nitrogen and oxygen atoms in total. The minimum Gasteiger partial charge on any atom is -0.347 e. The van der Waals surface area contributed by atoms with Gasteiger partial charge in [-0.05, 0) is 56.2 Å². The number of carbonyl (C=O) groups is 2. The SMILES string of the molecule is Cc1nc([C@@H]2CN(C(=O)c3ccc(C)c(C)c3)C[C@H]2NC(=O)c2ccccc2)n[nH]1. The van der Waals surface area contributed by atoms with Gasteiger partial charge in [0.05, 0.1) is 12.0 Å². The summed E-state index contributed by atoms with van der Waals surface area (Å²) in [5, 5.41) is 10.2. The van der Waals surface area contributed by atoms with E-state index < -0.39 is 0 Å². The smallest absolute Gasteiger partial charge is 0.253 e. The van der Waals surface area contributed by atoms with Crippen molar-refractivity contribution in [3.05, 3.63) is 82.4 Å². The van der Waals surface area contributed by atoms with Crippen LogP contribution in [0.4, 0.5) is 0 Å². The lowest BCUT2D eigenvalue weighted by Crippen LogP contribution is -2.40. The Balaban J connectivity index is 1.58. The molecule has 1 aliphatic heterocycles. The summed E-state index contributed by atoms with van der Waals surface area (Å²) in [6.45, 7) is 6.71. The van der Waals surface area contributed by atoms with Crippen molar-refractivity contribution >= 4 is 11.8 Å². The zero-order chi connectivity index (χ0) is 21.3. The number of hydrogen-bond acceptors (Lipinski definition) is 4. The van der Waals surface area contributed by atoms with Crippen LogP contribution < -0.4 is 5.32 Å². The predicted molar refractivity (Wildman–Crippen MR) is 113 cm³/mol. The predicted octanol–water partition coefficient (Wildman–Crippen LogP) is 2.77. The molecule has 4 rings (SSSR count). The van der Waals surface area contributed by atoms with Crippen molar-refractivity contribution in [2.45, 2.75) is 32.7 Å². The van der Waals surface area contributed by atoms with Crippen molar-refractivity contribution in [1.82, 2.24) is 25.4 Å². The maximum atomic E-state index is 13.2. The number of amides is 2. The van der Waals surface area contributed by atoms with Gasteiger partial charge in [-0.15, -0.1) is 0 Å². The van der Waals surface area contributed by atoms with Crippen LogP contribution in [-0.2, 0) is 0 Å². The highest BCUT2D eigenvalue weighted by Gasteiger charge is 2.39. The average Bonchev–Trinajstić information content (AvgIpc) is 3.36. The Morgan fingerprint density at radius 1 is 1.00 bits per heavy atom. The molecule has 1 aliphatic rings. The first kappa shape index (κ1) is 19.8. The summed E-state index contributed by atoms with van der Waals surface area (Å²) in [7, 11) is 0. The summed E-state index contributed by atoms with van der Waals surface area (Å²) < 4.78 is 0. The largest absolute Gasteiger partial charge is 0.347 e. The number of likely N-dealkylation sites (tertiary alicyclic amines) is 1. The van der Waals surface area contributed by atoms with Gasteiger partial charge < -0.3 is 10.2 Å². The van der Waals surface area contributed by atoms with Crippen molar-refractivity contribution in [2.24, 2.45) is 0 Å². The molecule has 3 aromatic rings. The van der Waals surface area contributed by atoms with E-state index in [0.29, 0.717) is 35.9 Å². The van der Waals surface area contributed by atoms with Gasteiger partial charge in [0.25, 0.3) is 11.8 Å². The molecule has 1 fully saturated rings. The molecular weight excluding hydrogens is 378 g/mol. The normalized spacial score (nSPS) is 18.4. The number of benzene rings is 2. The van der Waals surface area contributed by atoms with Crippen molar-refractivity contribution in [2.75, 3.05) is 13.1 Å². The van der Waals surface area contributed by atoms with Gasteiger partial charge in [-0.25, -0.2) is 4.98 Å². The molecule has 2 heterocycles. The summed E-state index contributed by atoms with van der Waals surface area (Å²) >= 11 is 0. The molecule has 0 spiro atoms. The van der Waals surface area contributed by atoms with E-state index >= 15 is 0 Å². The number of nitrogens with zero attached hydrogens (tertiary/aromatic N) is 3. The van der Waals surface area contributed by atoms with Crippen LogP contribution in [0.2, 0.25) is 0 Å². The molecule has 2 amide bonds. The fraction of sp³-hybridized carbons (Fsp3) is 0.304. The van der Waals surface area contributed by atoms with E-state index in [1.54, 1.807) is 17.0 Å². The van der Waals surface area contributed by atoms with Gasteiger partial charge in [0, 0.05) is 24.2 Å². The first-order valence-corrected chi connectivity index (χ1v) is 10.0. The molecular formula is C23H25N5O2. The fourth-order valence-electron chi connectivity index (χ4n) is 3.80. The average molecular weight is 403 g/mol. The van der Waals surface area contributed by atoms with Gasteiger partial charge in [0.1, 0.15) is 5.82 Å². The molecule has 1 saturated heterocycles. The highest BCUT2D eigenvalue weighted by atomic mass is 16.2. The van der Waals surface area contributed by atoms with E-state index in [9.17, 15) is 9.59 Å². The number of aromatic nitrogens is 3. The molecule has 2 aromatic carbocycles. The Morgan fingerprint density at radius 3 is 2.43 bits per heavy atom. The first-order chi connectivity index (χ1) is 14.4. The quantitative estimate of drug-likeness (QED) is 0.701. The number of aromatic amines is 1. The van der Waals surface area contributed by atoms with Crippen LogP contribution in [0.3, 0.4) is 0 Å². The summed E-state index contributed by atoms with van der Waals surface area (Å²) in [5.74, 6) is 0.918. The summed E-state index contributed by atoms with van der Waals surface area (Å²) in [6, 6.07) is 14.5. The van der Waals surface area contributed by atoms with Gasteiger partial charge >= 0.3 is 0 Å². The van der Waals surface area contributed by atoms with E-state index in [0.717, 1.165) is 11.1 Å². The van der Waals surface area contributed by atoms with Crippen LogP contribution in [0.25, 0.3) is 0 Å². The van der Waals surface area contributed by atoms with E-state index in [1.165, 1.54) is 0 Å². The number of rotatable bonds is 4. The Hall–Kier alpha value is -3.48. The maximum Gasteiger partial charge on any atom is 0.253 e. The highest BCUT2D eigenvalue weighted by molar-refractivity contribution is 5.96. The Morgan fingerprint density at radius 2 is 1.77 bits per heavy atom. The lowest BCUT2D eigenvalue weighted by molar-refractivity contribution is 0.0782. The van der Waals surface area contributed by atoms with Crippen LogP contribution in [-0.4, -0.2) is 51.0 Å². The van der Waals surface area contributed by atoms with E-state index in [-0.39, 0.29) is 23.8 Å². The topological polar surface area (TPSA) is 91.0 Å². The lowest BCUT2D eigenvalue weighted by atomic mass is 10.0. The number of carbonyl (C=O) groups excluding carboxylic acids is 2. The Bertz CT molecular complexity index is 1080. The number of H-pyrrole nitrogens is 1. The molecule has 0 saturated carbocycles. The van der Waals surface area contributed by atoms with Gasteiger partial charge in [-0.3, -0.25) is 14.7 Å². The van der Waals surface area contributed by atoms with Crippen molar-refractivity contribution in [3.8, 4) is 0 Å². The standard InChI is InChI=1S/C23H25N5O2/c1-14-9-10-18(11-15(14)2)23(30)28-12-19(21-24-16(3)26-27-21)20(13-28)25-22(29)17-7-5-4-6-8-17/h4-11,19-20H,12-13H2,1-3H3,(H,25,29)(H,24,26,27)/t19-,20-/m1/s1. The maximum absolute atomic E-state index is 13.2. The summed E-state index contributed by atoms with van der Waals surface area (Å²) in [6.07, 6.45) is 0. The van der Waals surface area contributed by atoms with Gasteiger partial charge in [-0.1, -0.05) is 24.3 Å². The molecule has 0 bridgehead atoms. The molecule has 0 radical (unpaired) electrons. The highest BCUT2D eigenvalue weighted by Crippen LogP contribution is 2.27. The number of nitrogens with one attached hydrogen (secondary N) is 2. The second-order valence-electron chi connectivity index (χ2n) is 7.84. The van der Waals surface area contributed by atoms with Crippen molar-refractivity contribution in [1.29, 1.82) is 0 Å². The van der Waals surface area contributed by atoms with Crippen LogP contribution in [0.15, 0.2) is 48.5 Å². The molecule has 0 unspecified atom stereocenters. The second-order valence-corrected chi connectivity index (χ2v) is 7.84. The second kappa shape index (κ2) is 8.10. The van der Waals surface area contributed by atoms with Crippen LogP contribution in [0, 0.1) is 20.8 Å². The molecule has 2 N–H and O–H groups in total. The third-order valence-electron chi connectivity index (χ3n) is 5.66. The van der Waals surface area contributed by atoms with Gasteiger partial charge in [-0.2, -0.15) is 5.10 Å². The fourth-order valence-corrected chi connectivity index (χ4v) is 3.80. The first-order valence-electron chi connectivity index (χ1n) is 10.0. The number of hydrogen-bond donors (Lipinski definition) is 2. The van der Waals surface area contributed by atoms with Crippen molar-refractivity contribution < 1.29 is 9.59 Å².